The summed E-state index contributed by atoms with van der Waals surface area (Å²) in [6.07, 6.45) is 1.49. The van der Waals surface area contributed by atoms with Gasteiger partial charge in [-0.1, -0.05) is 23.7 Å². The molecular formula is C18H18ClNO3S. The van der Waals surface area contributed by atoms with Gasteiger partial charge >= 0.3 is 0 Å². The number of halogens is 1. The molecule has 0 bridgehead atoms. The molecule has 24 heavy (non-hydrogen) atoms. The first-order valence-corrected chi connectivity index (χ1v) is 9.28. The van der Waals surface area contributed by atoms with Crippen LogP contribution in [-0.2, 0) is 9.47 Å². The first kappa shape index (κ1) is 16.1. The van der Waals surface area contributed by atoms with Crippen LogP contribution in [-0.4, -0.2) is 42.9 Å². The van der Waals surface area contributed by atoms with Gasteiger partial charge < -0.3 is 14.4 Å². The number of likely N-dealkylation sites (tertiary alicyclic amines) is 1. The predicted molar refractivity (Wildman–Crippen MR) is 94.5 cm³/mol. The van der Waals surface area contributed by atoms with Crippen LogP contribution in [0.4, 0.5) is 0 Å². The van der Waals surface area contributed by atoms with Gasteiger partial charge in [0.1, 0.15) is 0 Å². The summed E-state index contributed by atoms with van der Waals surface area (Å²) >= 11 is 7.45. The molecule has 1 spiro atoms. The molecule has 1 amide bonds. The second-order valence-electron chi connectivity index (χ2n) is 6.07. The van der Waals surface area contributed by atoms with Crippen molar-refractivity contribution in [1.29, 1.82) is 0 Å². The minimum atomic E-state index is -0.444. The molecular weight excluding hydrogens is 346 g/mol. The quantitative estimate of drug-likeness (QED) is 0.808. The summed E-state index contributed by atoms with van der Waals surface area (Å²) in [6.45, 7) is 2.66. The largest absolute Gasteiger partial charge is 0.347 e. The molecule has 2 aliphatic heterocycles. The van der Waals surface area contributed by atoms with Crippen molar-refractivity contribution in [3.8, 4) is 10.4 Å². The molecule has 126 valence electrons. The predicted octanol–water partition coefficient (Wildman–Crippen LogP) is 4.05. The Hall–Kier alpha value is -1.40. The van der Waals surface area contributed by atoms with Crippen LogP contribution >= 0.6 is 22.9 Å². The molecule has 2 aromatic rings. The maximum Gasteiger partial charge on any atom is 0.263 e. The second kappa shape index (κ2) is 6.48. The van der Waals surface area contributed by atoms with E-state index in [1.807, 2.05) is 41.3 Å². The molecule has 3 heterocycles. The average molecular weight is 364 g/mol. The van der Waals surface area contributed by atoms with E-state index in [4.69, 9.17) is 21.1 Å². The Kier molecular flexibility index (Phi) is 4.35. The van der Waals surface area contributed by atoms with Gasteiger partial charge in [-0.25, -0.2) is 0 Å². The van der Waals surface area contributed by atoms with Crippen molar-refractivity contribution < 1.29 is 14.3 Å². The van der Waals surface area contributed by atoms with Crippen molar-refractivity contribution in [2.45, 2.75) is 18.6 Å². The Bertz CT molecular complexity index is 727. The van der Waals surface area contributed by atoms with Crippen molar-refractivity contribution in [2.24, 2.45) is 0 Å². The topological polar surface area (TPSA) is 38.8 Å². The number of hydrogen-bond acceptors (Lipinski definition) is 4. The van der Waals surface area contributed by atoms with Crippen LogP contribution in [0.1, 0.15) is 22.5 Å². The van der Waals surface area contributed by atoms with Crippen molar-refractivity contribution in [1.82, 2.24) is 4.90 Å². The molecule has 1 aromatic heterocycles. The highest BCUT2D eigenvalue weighted by Crippen LogP contribution is 2.33. The van der Waals surface area contributed by atoms with Gasteiger partial charge in [0.25, 0.3) is 5.91 Å². The number of carbonyl (C=O) groups is 1. The van der Waals surface area contributed by atoms with Crippen molar-refractivity contribution in [3.05, 3.63) is 46.3 Å². The fraction of sp³-hybridized carbons (Fsp3) is 0.389. The van der Waals surface area contributed by atoms with E-state index in [-0.39, 0.29) is 5.91 Å². The Morgan fingerprint density at radius 1 is 1.04 bits per heavy atom. The molecule has 0 aliphatic carbocycles. The number of hydrogen-bond donors (Lipinski definition) is 0. The zero-order valence-corrected chi connectivity index (χ0v) is 14.7. The lowest BCUT2D eigenvalue weighted by Gasteiger charge is -2.37. The van der Waals surface area contributed by atoms with Gasteiger partial charge in [0.05, 0.1) is 18.1 Å². The van der Waals surface area contributed by atoms with Crippen LogP contribution in [0, 0.1) is 0 Å². The number of rotatable bonds is 2. The number of benzene rings is 1. The number of piperidine rings is 1. The van der Waals surface area contributed by atoms with E-state index in [1.165, 1.54) is 11.3 Å². The molecule has 0 atom stereocenters. The van der Waals surface area contributed by atoms with E-state index >= 15 is 0 Å². The van der Waals surface area contributed by atoms with Crippen molar-refractivity contribution >= 4 is 28.8 Å². The minimum Gasteiger partial charge on any atom is -0.347 e. The highest BCUT2D eigenvalue weighted by atomic mass is 35.5. The van der Waals surface area contributed by atoms with Crippen molar-refractivity contribution in [2.75, 3.05) is 26.3 Å². The SMILES string of the molecule is O=C(c1ccc(-c2ccc(Cl)cc2)s1)N1CCC2(CC1)OCCO2. The van der Waals surface area contributed by atoms with E-state index in [2.05, 4.69) is 0 Å². The van der Waals surface area contributed by atoms with E-state index in [0.717, 1.165) is 28.2 Å². The fourth-order valence-corrected chi connectivity index (χ4v) is 4.32. The molecule has 0 saturated carbocycles. The smallest absolute Gasteiger partial charge is 0.263 e. The Morgan fingerprint density at radius 2 is 1.71 bits per heavy atom. The Morgan fingerprint density at radius 3 is 2.38 bits per heavy atom. The van der Waals surface area contributed by atoms with Gasteiger partial charge in [0, 0.05) is 35.8 Å². The average Bonchev–Trinajstić information content (AvgIpc) is 3.26. The number of carbonyl (C=O) groups excluding carboxylic acids is 1. The van der Waals surface area contributed by atoms with E-state index in [1.54, 1.807) is 0 Å². The molecule has 2 fully saturated rings. The van der Waals surface area contributed by atoms with Gasteiger partial charge in [-0.2, -0.15) is 0 Å². The van der Waals surface area contributed by atoms with Crippen molar-refractivity contribution in [3.63, 3.8) is 0 Å². The maximum absolute atomic E-state index is 12.7. The summed E-state index contributed by atoms with van der Waals surface area (Å²) in [5.41, 5.74) is 1.08. The summed E-state index contributed by atoms with van der Waals surface area (Å²) in [6, 6.07) is 11.6. The zero-order chi connectivity index (χ0) is 16.6. The van der Waals surface area contributed by atoms with E-state index in [9.17, 15) is 4.79 Å². The lowest BCUT2D eigenvalue weighted by Crippen LogP contribution is -2.47. The third kappa shape index (κ3) is 3.09. The van der Waals surface area contributed by atoms with Crippen LogP contribution in [0.25, 0.3) is 10.4 Å². The lowest BCUT2D eigenvalue weighted by atomic mass is 10.0. The summed E-state index contributed by atoms with van der Waals surface area (Å²) in [4.78, 5) is 16.5. The van der Waals surface area contributed by atoms with Gasteiger partial charge in [0.2, 0.25) is 0 Å². The van der Waals surface area contributed by atoms with Gasteiger partial charge in [-0.15, -0.1) is 11.3 Å². The second-order valence-corrected chi connectivity index (χ2v) is 7.59. The molecule has 2 aliphatic rings. The summed E-state index contributed by atoms with van der Waals surface area (Å²) in [7, 11) is 0. The number of amides is 1. The molecule has 6 heteroatoms. The third-order valence-corrected chi connectivity index (χ3v) is 5.95. The van der Waals surface area contributed by atoms with Crippen LogP contribution in [0.5, 0.6) is 0 Å². The maximum atomic E-state index is 12.7. The Balaban J connectivity index is 1.45. The highest BCUT2D eigenvalue weighted by molar-refractivity contribution is 7.17. The standard InChI is InChI=1S/C18H18ClNO3S/c19-14-3-1-13(2-4-14)15-5-6-16(24-15)17(21)20-9-7-18(8-10-20)22-11-12-23-18/h1-6H,7-12H2. The first-order chi connectivity index (χ1) is 11.7. The fourth-order valence-electron chi connectivity index (χ4n) is 3.21. The van der Waals surface area contributed by atoms with Gasteiger partial charge in [0.15, 0.2) is 5.79 Å². The van der Waals surface area contributed by atoms with Crippen LogP contribution < -0.4 is 0 Å². The van der Waals surface area contributed by atoms with Gasteiger partial charge in [-0.05, 0) is 29.8 Å². The van der Waals surface area contributed by atoms with Crippen LogP contribution in [0.2, 0.25) is 5.02 Å². The normalized spacial score (nSPS) is 19.8. The van der Waals surface area contributed by atoms with Crippen LogP contribution in [0.3, 0.4) is 0 Å². The summed E-state index contributed by atoms with van der Waals surface area (Å²) < 4.78 is 11.4. The molecule has 0 radical (unpaired) electrons. The molecule has 4 rings (SSSR count). The monoisotopic (exact) mass is 363 g/mol. The number of thiophene rings is 1. The molecule has 1 aromatic carbocycles. The number of ether oxygens (including phenoxy) is 2. The summed E-state index contributed by atoms with van der Waals surface area (Å²) in [5.74, 6) is -0.353. The highest BCUT2D eigenvalue weighted by Gasteiger charge is 2.41. The number of nitrogens with zero attached hydrogens (tertiary/aromatic N) is 1. The van der Waals surface area contributed by atoms with E-state index in [0.29, 0.717) is 31.3 Å². The molecule has 2 saturated heterocycles. The van der Waals surface area contributed by atoms with E-state index < -0.39 is 5.79 Å². The minimum absolute atomic E-state index is 0.0908. The first-order valence-electron chi connectivity index (χ1n) is 8.08. The summed E-state index contributed by atoms with van der Waals surface area (Å²) in [5, 5.41) is 0.713. The third-order valence-electron chi connectivity index (χ3n) is 4.57. The van der Waals surface area contributed by atoms with Gasteiger partial charge in [-0.3, -0.25) is 4.79 Å². The molecule has 4 nitrogen and oxygen atoms in total. The molecule has 0 unspecified atom stereocenters. The molecule has 0 N–H and O–H groups in total. The zero-order valence-electron chi connectivity index (χ0n) is 13.2. The lowest BCUT2D eigenvalue weighted by molar-refractivity contribution is -0.181. The Labute approximate surface area is 149 Å². The van der Waals surface area contributed by atoms with Crippen LogP contribution in [0.15, 0.2) is 36.4 Å².